The molecule has 2 atom stereocenters. The summed E-state index contributed by atoms with van der Waals surface area (Å²) in [7, 11) is 0. The molecule has 15 heavy (non-hydrogen) atoms. The molecule has 88 valence electrons. The highest BCUT2D eigenvalue weighted by Gasteiger charge is 2.11. The van der Waals surface area contributed by atoms with Gasteiger partial charge in [-0.15, -0.1) is 6.58 Å². The number of carbonyl (C=O) groups excluding carboxylic acids is 1. The molecule has 0 aromatic heterocycles. The average molecular weight is 211 g/mol. The fraction of sp³-hybridized carbons (Fsp3) is 0.769. The quantitative estimate of drug-likeness (QED) is 0.470. The van der Waals surface area contributed by atoms with E-state index in [9.17, 15) is 4.79 Å². The molecular formula is C13H25NO. The van der Waals surface area contributed by atoms with Crippen LogP contribution in [0, 0.1) is 5.92 Å². The van der Waals surface area contributed by atoms with E-state index in [-0.39, 0.29) is 12.0 Å². The smallest absolute Gasteiger partial charge is 0.135 e. The highest BCUT2D eigenvalue weighted by Crippen LogP contribution is 2.13. The first-order valence-electron chi connectivity index (χ1n) is 5.97. The average Bonchev–Trinajstić information content (AvgIpc) is 2.17. The Balaban J connectivity index is 3.55. The minimum Gasteiger partial charge on any atom is -0.328 e. The first-order valence-corrected chi connectivity index (χ1v) is 5.97. The molecule has 0 aliphatic rings. The highest BCUT2D eigenvalue weighted by atomic mass is 16.1. The molecule has 0 saturated heterocycles. The summed E-state index contributed by atoms with van der Waals surface area (Å²) >= 11 is 0. The lowest BCUT2D eigenvalue weighted by molar-refractivity contribution is -0.122. The van der Waals surface area contributed by atoms with Gasteiger partial charge in [-0.1, -0.05) is 19.4 Å². The van der Waals surface area contributed by atoms with Gasteiger partial charge in [0.15, 0.2) is 0 Å². The summed E-state index contributed by atoms with van der Waals surface area (Å²) in [6.07, 6.45) is 7.52. The first kappa shape index (κ1) is 14.4. The molecule has 2 N–H and O–H groups in total. The molecule has 2 nitrogen and oxygen atoms in total. The van der Waals surface area contributed by atoms with Crippen molar-refractivity contribution in [2.75, 3.05) is 0 Å². The van der Waals surface area contributed by atoms with Gasteiger partial charge in [0.2, 0.25) is 0 Å². The number of unbranched alkanes of at least 4 members (excludes halogenated alkanes) is 1. The number of hydrogen-bond acceptors (Lipinski definition) is 2. The summed E-state index contributed by atoms with van der Waals surface area (Å²) in [5.41, 5.74) is 5.66. The number of allylic oxidation sites excluding steroid dienone is 1. The standard InChI is InChI=1S/C13H25NO/c1-4-5-6-10-13(15)11(2)8-7-9-12(3)14/h4,11-12H,1,5-10,14H2,2-3H3. The fourth-order valence-corrected chi connectivity index (χ4v) is 1.57. The Morgan fingerprint density at radius 3 is 2.53 bits per heavy atom. The maximum atomic E-state index is 11.6. The molecule has 0 aromatic carbocycles. The molecule has 0 radical (unpaired) electrons. The zero-order valence-corrected chi connectivity index (χ0v) is 10.2. The molecule has 0 saturated carbocycles. The van der Waals surface area contributed by atoms with Gasteiger partial charge in [0.25, 0.3) is 0 Å². The van der Waals surface area contributed by atoms with E-state index >= 15 is 0 Å². The molecule has 2 unspecified atom stereocenters. The Morgan fingerprint density at radius 1 is 1.33 bits per heavy atom. The van der Waals surface area contributed by atoms with E-state index in [1.54, 1.807) is 0 Å². The van der Waals surface area contributed by atoms with E-state index in [0.29, 0.717) is 12.2 Å². The van der Waals surface area contributed by atoms with Crippen molar-refractivity contribution >= 4 is 5.78 Å². The normalized spacial score (nSPS) is 14.6. The predicted octanol–water partition coefficient (Wildman–Crippen LogP) is 3.07. The third-order valence-electron chi connectivity index (χ3n) is 2.68. The second-order valence-electron chi connectivity index (χ2n) is 4.46. The van der Waals surface area contributed by atoms with Gasteiger partial charge in [0, 0.05) is 18.4 Å². The number of nitrogens with two attached hydrogens (primary N) is 1. The van der Waals surface area contributed by atoms with Crippen LogP contribution in [0.2, 0.25) is 0 Å². The van der Waals surface area contributed by atoms with Crippen molar-refractivity contribution in [3.05, 3.63) is 12.7 Å². The first-order chi connectivity index (χ1) is 7.07. The van der Waals surface area contributed by atoms with Crippen LogP contribution in [0.3, 0.4) is 0 Å². The largest absolute Gasteiger partial charge is 0.328 e. The molecule has 0 amide bonds. The van der Waals surface area contributed by atoms with Crippen LogP contribution in [0.1, 0.15) is 52.4 Å². The maximum absolute atomic E-state index is 11.6. The van der Waals surface area contributed by atoms with Gasteiger partial charge >= 0.3 is 0 Å². The van der Waals surface area contributed by atoms with Crippen LogP contribution in [0.25, 0.3) is 0 Å². The Morgan fingerprint density at radius 2 is 2.00 bits per heavy atom. The minimum absolute atomic E-state index is 0.202. The summed E-state index contributed by atoms with van der Waals surface area (Å²) in [6.45, 7) is 7.68. The summed E-state index contributed by atoms with van der Waals surface area (Å²) in [6, 6.07) is 0.257. The number of hydrogen-bond donors (Lipinski definition) is 1. The van der Waals surface area contributed by atoms with Crippen LogP contribution in [0.4, 0.5) is 0 Å². The lowest BCUT2D eigenvalue weighted by Gasteiger charge is -2.10. The number of Topliss-reactive ketones (excluding diaryl/α,β-unsaturated/α-hetero) is 1. The molecule has 0 heterocycles. The van der Waals surface area contributed by atoms with E-state index in [0.717, 1.165) is 32.1 Å². The van der Waals surface area contributed by atoms with Crippen molar-refractivity contribution in [1.29, 1.82) is 0 Å². The molecule has 0 rings (SSSR count). The van der Waals surface area contributed by atoms with Crippen LogP contribution in [-0.4, -0.2) is 11.8 Å². The zero-order valence-electron chi connectivity index (χ0n) is 10.2. The summed E-state index contributed by atoms with van der Waals surface area (Å²) < 4.78 is 0. The van der Waals surface area contributed by atoms with Gasteiger partial charge in [-0.25, -0.2) is 0 Å². The number of carbonyl (C=O) groups is 1. The van der Waals surface area contributed by atoms with E-state index in [1.807, 2.05) is 19.9 Å². The molecule has 0 bridgehead atoms. The second-order valence-corrected chi connectivity index (χ2v) is 4.46. The van der Waals surface area contributed by atoms with Crippen molar-refractivity contribution in [3.63, 3.8) is 0 Å². The second kappa shape index (κ2) is 8.66. The van der Waals surface area contributed by atoms with Crippen LogP contribution >= 0.6 is 0 Å². The number of ketones is 1. The van der Waals surface area contributed by atoms with E-state index < -0.39 is 0 Å². The van der Waals surface area contributed by atoms with Gasteiger partial charge < -0.3 is 5.73 Å². The van der Waals surface area contributed by atoms with E-state index in [2.05, 4.69) is 6.58 Å². The Bertz CT molecular complexity index is 187. The van der Waals surface area contributed by atoms with Gasteiger partial charge in [0.05, 0.1) is 0 Å². The predicted molar refractivity (Wildman–Crippen MR) is 65.7 cm³/mol. The molecule has 0 aliphatic heterocycles. The summed E-state index contributed by atoms with van der Waals surface area (Å²) in [5.74, 6) is 0.593. The molecule has 0 aromatic rings. The lowest BCUT2D eigenvalue weighted by atomic mass is 9.95. The van der Waals surface area contributed by atoms with Crippen molar-refractivity contribution in [2.45, 2.75) is 58.4 Å². The fourth-order valence-electron chi connectivity index (χ4n) is 1.57. The minimum atomic E-state index is 0.202. The Labute approximate surface area is 93.9 Å². The van der Waals surface area contributed by atoms with Crippen molar-refractivity contribution in [3.8, 4) is 0 Å². The molecule has 0 aliphatic carbocycles. The van der Waals surface area contributed by atoms with Crippen molar-refractivity contribution in [1.82, 2.24) is 0 Å². The molecule has 0 spiro atoms. The van der Waals surface area contributed by atoms with Crippen molar-refractivity contribution < 1.29 is 4.79 Å². The third kappa shape index (κ3) is 8.37. The van der Waals surface area contributed by atoms with Crippen molar-refractivity contribution in [2.24, 2.45) is 11.7 Å². The highest BCUT2D eigenvalue weighted by molar-refractivity contribution is 5.80. The van der Waals surface area contributed by atoms with Crippen LogP contribution in [0.5, 0.6) is 0 Å². The van der Waals surface area contributed by atoms with Crippen LogP contribution < -0.4 is 5.73 Å². The van der Waals surface area contributed by atoms with Crippen LogP contribution in [-0.2, 0) is 4.79 Å². The van der Waals surface area contributed by atoms with Gasteiger partial charge in [-0.05, 0) is 32.6 Å². The molecular weight excluding hydrogens is 186 g/mol. The molecule has 2 heteroatoms. The third-order valence-corrected chi connectivity index (χ3v) is 2.68. The monoisotopic (exact) mass is 211 g/mol. The summed E-state index contributed by atoms with van der Waals surface area (Å²) in [4.78, 5) is 11.6. The summed E-state index contributed by atoms with van der Waals surface area (Å²) in [5, 5.41) is 0. The maximum Gasteiger partial charge on any atom is 0.135 e. The zero-order chi connectivity index (χ0) is 11.7. The molecule has 0 fully saturated rings. The van der Waals surface area contributed by atoms with Gasteiger partial charge in [0.1, 0.15) is 5.78 Å². The lowest BCUT2D eigenvalue weighted by Crippen LogP contribution is -2.16. The number of rotatable bonds is 9. The topological polar surface area (TPSA) is 43.1 Å². The van der Waals surface area contributed by atoms with E-state index in [1.165, 1.54) is 0 Å². The van der Waals surface area contributed by atoms with Gasteiger partial charge in [-0.2, -0.15) is 0 Å². The van der Waals surface area contributed by atoms with Crippen LogP contribution in [0.15, 0.2) is 12.7 Å². The van der Waals surface area contributed by atoms with E-state index in [4.69, 9.17) is 5.73 Å². The SMILES string of the molecule is C=CCCCC(=O)C(C)CCCC(C)N. The Hall–Kier alpha value is -0.630. The Kier molecular flexibility index (Phi) is 8.30. The van der Waals surface area contributed by atoms with Gasteiger partial charge in [-0.3, -0.25) is 4.79 Å².